The van der Waals surface area contributed by atoms with Crippen molar-refractivity contribution in [3.05, 3.63) is 83.4 Å². The molecule has 4 rings (SSSR count). The summed E-state index contributed by atoms with van der Waals surface area (Å²) in [5.41, 5.74) is 11.4. The number of nitrogens with one attached hydrogen (secondary N) is 1. The molecule has 0 aromatic heterocycles. The molecule has 1 atom stereocenters. The van der Waals surface area contributed by atoms with Crippen LogP contribution in [0, 0.1) is 0 Å². The van der Waals surface area contributed by atoms with Crippen molar-refractivity contribution in [1.29, 1.82) is 0 Å². The largest absolute Gasteiger partial charge is 0.504 e. The van der Waals surface area contributed by atoms with Gasteiger partial charge in [-0.15, -0.1) is 0 Å². The number of benzene rings is 3. The molecule has 0 radical (unpaired) electrons. The maximum Gasteiger partial charge on any atom is 0.157 e. The first-order valence-electron chi connectivity index (χ1n) is 11.0. The van der Waals surface area contributed by atoms with Gasteiger partial charge in [-0.1, -0.05) is 42.5 Å². The lowest BCUT2D eigenvalue weighted by Gasteiger charge is -2.27. The van der Waals surface area contributed by atoms with Gasteiger partial charge in [0.05, 0.1) is 6.10 Å². The van der Waals surface area contributed by atoms with E-state index < -0.39 is 6.10 Å². The highest BCUT2D eigenvalue weighted by atomic mass is 16.3. The van der Waals surface area contributed by atoms with Gasteiger partial charge in [-0.05, 0) is 73.8 Å². The summed E-state index contributed by atoms with van der Waals surface area (Å²) in [6, 6.07) is 21.8. The maximum absolute atomic E-state index is 9.23. The van der Waals surface area contributed by atoms with E-state index in [1.165, 1.54) is 40.7 Å². The molecular weight excluding hydrogens is 402 g/mol. The minimum atomic E-state index is -0.795. The quantitative estimate of drug-likeness (QED) is 0.299. The van der Waals surface area contributed by atoms with Crippen LogP contribution in [0.25, 0.3) is 0 Å². The molecule has 6 heteroatoms. The van der Waals surface area contributed by atoms with Crippen molar-refractivity contribution in [3.63, 3.8) is 0 Å². The molecule has 0 saturated heterocycles. The molecule has 170 valence electrons. The second kappa shape index (κ2) is 11.5. The molecule has 1 aliphatic rings. The van der Waals surface area contributed by atoms with Crippen LogP contribution >= 0.6 is 0 Å². The Hall–Kier alpha value is -3.06. The molecule has 0 fully saturated rings. The summed E-state index contributed by atoms with van der Waals surface area (Å²) < 4.78 is 0. The molecular formula is C26H33N3O3. The van der Waals surface area contributed by atoms with E-state index in [-0.39, 0.29) is 18.0 Å². The van der Waals surface area contributed by atoms with E-state index in [2.05, 4.69) is 58.7 Å². The van der Waals surface area contributed by atoms with E-state index >= 15 is 0 Å². The van der Waals surface area contributed by atoms with E-state index in [4.69, 9.17) is 15.9 Å². The second-order valence-electron chi connectivity index (χ2n) is 7.87. The van der Waals surface area contributed by atoms with Gasteiger partial charge in [0.25, 0.3) is 0 Å². The van der Waals surface area contributed by atoms with Gasteiger partial charge in [-0.3, -0.25) is 0 Å². The molecule has 0 unspecified atom stereocenters. The minimum absolute atomic E-state index is 0.0875. The van der Waals surface area contributed by atoms with Crippen molar-refractivity contribution in [1.82, 2.24) is 5.32 Å². The Morgan fingerprint density at radius 3 is 2.03 bits per heavy atom. The SMILES string of the molecule is CNCCCN1c2ccccc2CCc2ccccc21.NC[C@H](O)c1ccc(O)c(O)c1. The molecule has 0 aliphatic carbocycles. The Kier molecular flexibility index (Phi) is 8.50. The molecule has 1 heterocycles. The Morgan fingerprint density at radius 2 is 1.50 bits per heavy atom. The van der Waals surface area contributed by atoms with Gasteiger partial charge in [-0.2, -0.15) is 0 Å². The zero-order valence-electron chi connectivity index (χ0n) is 18.5. The summed E-state index contributed by atoms with van der Waals surface area (Å²) in [5, 5.41) is 30.4. The molecule has 3 aromatic carbocycles. The maximum atomic E-state index is 9.23. The topological polar surface area (TPSA) is 102 Å². The van der Waals surface area contributed by atoms with Crippen LogP contribution in [0.15, 0.2) is 66.7 Å². The van der Waals surface area contributed by atoms with E-state index in [9.17, 15) is 5.11 Å². The summed E-state index contributed by atoms with van der Waals surface area (Å²) in [4.78, 5) is 2.50. The number of aliphatic hydroxyl groups excluding tert-OH is 1. The molecule has 1 aliphatic heterocycles. The number of hydrogen-bond donors (Lipinski definition) is 5. The van der Waals surface area contributed by atoms with Crippen LogP contribution in [0.2, 0.25) is 0 Å². The van der Waals surface area contributed by atoms with Gasteiger partial charge < -0.3 is 31.3 Å². The number of aliphatic hydroxyl groups is 1. The number of fused-ring (bicyclic) bond motifs is 2. The fourth-order valence-corrected chi connectivity index (χ4v) is 3.91. The predicted molar refractivity (Wildman–Crippen MR) is 130 cm³/mol. The van der Waals surface area contributed by atoms with Gasteiger partial charge in [0.2, 0.25) is 0 Å². The summed E-state index contributed by atoms with van der Waals surface area (Å²) in [5.74, 6) is -0.456. The highest BCUT2D eigenvalue weighted by molar-refractivity contribution is 5.71. The highest BCUT2D eigenvalue weighted by Crippen LogP contribution is 2.35. The number of nitrogens with two attached hydrogens (primary N) is 1. The van der Waals surface area contributed by atoms with Crippen LogP contribution in [0.3, 0.4) is 0 Å². The van der Waals surface area contributed by atoms with Crippen molar-refractivity contribution in [3.8, 4) is 11.5 Å². The van der Waals surface area contributed by atoms with E-state index in [0.717, 1.165) is 32.4 Å². The number of phenols is 2. The fourth-order valence-electron chi connectivity index (χ4n) is 3.91. The molecule has 6 N–H and O–H groups in total. The average Bonchev–Trinajstić information content (AvgIpc) is 2.98. The molecule has 3 aromatic rings. The highest BCUT2D eigenvalue weighted by Gasteiger charge is 2.19. The normalized spacial score (nSPS) is 13.3. The van der Waals surface area contributed by atoms with Gasteiger partial charge in [0.1, 0.15) is 0 Å². The third-order valence-electron chi connectivity index (χ3n) is 5.64. The minimum Gasteiger partial charge on any atom is -0.504 e. The lowest BCUT2D eigenvalue weighted by Crippen LogP contribution is -2.22. The lowest BCUT2D eigenvalue weighted by molar-refractivity contribution is 0.186. The number of rotatable bonds is 6. The van der Waals surface area contributed by atoms with Crippen molar-refractivity contribution < 1.29 is 15.3 Å². The van der Waals surface area contributed by atoms with Gasteiger partial charge >= 0.3 is 0 Å². The standard InChI is InChI=1S/C18H22N2.C8H11NO3/c1-19-13-6-14-20-17-9-4-2-7-15(17)11-12-16-8-3-5-10-18(16)20;9-4-8(12)5-1-2-6(10)7(11)3-5/h2-5,7-10,19H,6,11-14H2,1H3;1-3,8,10-12H,4,9H2/t;8-/m.0/s1. The van der Waals surface area contributed by atoms with Crippen LogP contribution in [0.1, 0.15) is 29.2 Å². The summed E-state index contributed by atoms with van der Waals surface area (Å²) >= 11 is 0. The first-order valence-corrected chi connectivity index (χ1v) is 11.0. The smallest absolute Gasteiger partial charge is 0.157 e. The van der Waals surface area contributed by atoms with Crippen molar-refractivity contribution >= 4 is 11.4 Å². The van der Waals surface area contributed by atoms with E-state index in [1.807, 2.05) is 7.05 Å². The fraction of sp³-hybridized carbons (Fsp3) is 0.308. The third-order valence-corrected chi connectivity index (χ3v) is 5.64. The van der Waals surface area contributed by atoms with Crippen LogP contribution in [0.5, 0.6) is 11.5 Å². The van der Waals surface area contributed by atoms with Gasteiger partial charge in [0, 0.05) is 24.5 Å². The van der Waals surface area contributed by atoms with Crippen LogP contribution in [-0.4, -0.2) is 42.0 Å². The molecule has 0 spiro atoms. The Morgan fingerprint density at radius 1 is 0.906 bits per heavy atom. The number of anilines is 2. The van der Waals surface area contributed by atoms with Crippen molar-refractivity contribution in [2.75, 3.05) is 31.6 Å². The van der Waals surface area contributed by atoms with E-state index in [1.54, 1.807) is 0 Å². The van der Waals surface area contributed by atoms with Crippen molar-refractivity contribution in [2.45, 2.75) is 25.4 Å². The Labute approximate surface area is 189 Å². The number of hydrogen-bond acceptors (Lipinski definition) is 6. The number of aryl methyl sites for hydroxylation is 2. The number of phenolic OH excluding ortho intramolecular Hbond substituents is 2. The third kappa shape index (κ3) is 5.79. The molecule has 6 nitrogen and oxygen atoms in total. The average molecular weight is 436 g/mol. The summed E-state index contributed by atoms with van der Waals surface area (Å²) in [6.45, 7) is 2.21. The number of nitrogens with zero attached hydrogens (tertiary/aromatic N) is 1. The van der Waals surface area contributed by atoms with Crippen molar-refractivity contribution in [2.24, 2.45) is 5.73 Å². The Balaban J connectivity index is 0.000000207. The van der Waals surface area contributed by atoms with Crippen LogP contribution in [0.4, 0.5) is 11.4 Å². The zero-order valence-corrected chi connectivity index (χ0v) is 18.5. The molecule has 0 bridgehead atoms. The first-order chi connectivity index (χ1) is 15.5. The van der Waals surface area contributed by atoms with E-state index in [0.29, 0.717) is 5.56 Å². The van der Waals surface area contributed by atoms with Gasteiger partial charge in [-0.25, -0.2) is 0 Å². The number of aromatic hydroxyl groups is 2. The van der Waals surface area contributed by atoms with Gasteiger partial charge in [0.15, 0.2) is 11.5 Å². The lowest BCUT2D eigenvalue weighted by atomic mass is 10.0. The molecule has 0 amide bonds. The first kappa shape index (κ1) is 23.6. The van der Waals surface area contributed by atoms with Crippen LogP contribution in [-0.2, 0) is 12.8 Å². The van der Waals surface area contributed by atoms with Crippen LogP contribution < -0.4 is 16.0 Å². The summed E-state index contributed by atoms with van der Waals surface area (Å²) in [6.07, 6.45) is 2.63. The Bertz CT molecular complexity index is 962. The second-order valence-corrected chi connectivity index (χ2v) is 7.87. The predicted octanol–water partition coefficient (Wildman–Crippen LogP) is 3.62. The number of para-hydroxylation sites is 2. The summed E-state index contributed by atoms with van der Waals surface area (Å²) in [7, 11) is 2.02. The molecule has 0 saturated carbocycles. The molecule has 32 heavy (non-hydrogen) atoms. The zero-order chi connectivity index (χ0) is 22.9. The monoisotopic (exact) mass is 435 g/mol.